The van der Waals surface area contributed by atoms with Crippen molar-refractivity contribution in [3.63, 3.8) is 0 Å². The van der Waals surface area contributed by atoms with Gasteiger partial charge in [-0.2, -0.15) is 0 Å². The van der Waals surface area contributed by atoms with Crippen molar-refractivity contribution in [1.29, 1.82) is 0 Å². The van der Waals surface area contributed by atoms with Gasteiger partial charge in [-0.3, -0.25) is 9.52 Å². The lowest BCUT2D eigenvalue weighted by Gasteiger charge is -2.14. The number of nitrogens with zero attached hydrogens (tertiary/aromatic N) is 1. The van der Waals surface area contributed by atoms with Gasteiger partial charge < -0.3 is 5.32 Å². The first kappa shape index (κ1) is 22.6. The van der Waals surface area contributed by atoms with E-state index < -0.39 is 15.9 Å². The molecule has 0 aliphatic carbocycles. The number of aromatic nitrogens is 1. The van der Waals surface area contributed by atoms with Crippen molar-refractivity contribution in [1.82, 2.24) is 10.3 Å². The highest BCUT2D eigenvalue weighted by Crippen LogP contribution is 2.26. The minimum Gasteiger partial charge on any atom is -0.348 e. The molecule has 0 bridgehead atoms. The summed E-state index contributed by atoms with van der Waals surface area (Å²) >= 11 is 15.0. The standard InChI is InChI=1S/C20H16BrCl2N3O3S/c1-12-2-4-13(5-3-12)10-25-20(27)16-8-14(22)6-7-18(16)26-30(28,29)15-9-17(21)19(23)24-11-15/h2-9,11,26H,10H2,1H3,(H,25,27). The number of sulfonamides is 1. The molecule has 2 aromatic carbocycles. The Kier molecular flexibility index (Phi) is 7.02. The molecule has 1 heterocycles. The first-order valence-electron chi connectivity index (χ1n) is 8.63. The van der Waals surface area contributed by atoms with Crippen molar-refractivity contribution < 1.29 is 13.2 Å². The lowest BCUT2D eigenvalue weighted by molar-refractivity contribution is 0.0952. The molecule has 0 saturated carbocycles. The molecule has 30 heavy (non-hydrogen) atoms. The molecule has 0 aliphatic rings. The van der Waals surface area contributed by atoms with E-state index in [-0.39, 0.29) is 27.8 Å². The van der Waals surface area contributed by atoms with Gasteiger partial charge in [-0.1, -0.05) is 53.0 Å². The molecule has 10 heteroatoms. The summed E-state index contributed by atoms with van der Waals surface area (Å²) in [5.41, 5.74) is 2.21. The predicted molar refractivity (Wildman–Crippen MR) is 122 cm³/mol. The minimum absolute atomic E-state index is 0.0897. The summed E-state index contributed by atoms with van der Waals surface area (Å²) < 4.78 is 28.3. The van der Waals surface area contributed by atoms with E-state index in [1.807, 2.05) is 31.2 Å². The van der Waals surface area contributed by atoms with Crippen LogP contribution in [-0.2, 0) is 16.6 Å². The number of hydrogen-bond acceptors (Lipinski definition) is 4. The van der Waals surface area contributed by atoms with E-state index in [1.54, 1.807) is 0 Å². The van der Waals surface area contributed by atoms with Crippen LogP contribution in [-0.4, -0.2) is 19.3 Å². The smallest absolute Gasteiger partial charge is 0.263 e. The molecule has 2 N–H and O–H groups in total. The van der Waals surface area contributed by atoms with E-state index in [0.29, 0.717) is 9.50 Å². The van der Waals surface area contributed by atoms with Crippen LogP contribution in [0.3, 0.4) is 0 Å². The lowest BCUT2D eigenvalue weighted by atomic mass is 10.1. The zero-order chi connectivity index (χ0) is 21.9. The summed E-state index contributed by atoms with van der Waals surface area (Å²) in [4.78, 5) is 16.5. The predicted octanol–water partition coefficient (Wildman–Crippen LogP) is 5.19. The number of anilines is 1. The number of rotatable bonds is 6. The zero-order valence-electron chi connectivity index (χ0n) is 15.6. The van der Waals surface area contributed by atoms with Crippen molar-refractivity contribution in [2.75, 3.05) is 4.72 Å². The van der Waals surface area contributed by atoms with Crippen molar-refractivity contribution in [3.8, 4) is 0 Å². The van der Waals surface area contributed by atoms with Crippen molar-refractivity contribution in [2.24, 2.45) is 0 Å². The Morgan fingerprint density at radius 3 is 2.47 bits per heavy atom. The molecule has 0 unspecified atom stereocenters. The monoisotopic (exact) mass is 527 g/mol. The number of amides is 1. The fourth-order valence-electron chi connectivity index (χ4n) is 2.53. The third-order valence-electron chi connectivity index (χ3n) is 4.13. The highest BCUT2D eigenvalue weighted by atomic mass is 79.9. The van der Waals surface area contributed by atoms with Gasteiger partial charge in [0.1, 0.15) is 10.0 Å². The first-order chi connectivity index (χ1) is 14.2. The summed E-state index contributed by atoms with van der Waals surface area (Å²) in [6.07, 6.45) is 1.13. The van der Waals surface area contributed by atoms with Gasteiger partial charge >= 0.3 is 0 Å². The Hall–Kier alpha value is -2.13. The normalized spacial score (nSPS) is 11.2. The van der Waals surface area contributed by atoms with E-state index in [0.717, 1.165) is 17.3 Å². The quantitative estimate of drug-likeness (QED) is 0.431. The fraction of sp³-hybridized carbons (Fsp3) is 0.100. The number of carbonyl (C=O) groups excluding carboxylic acids is 1. The van der Waals surface area contributed by atoms with E-state index in [2.05, 4.69) is 31.0 Å². The summed E-state index contributed by atoms with van der Waals surface area (Å²) in [5, 5.41) is 3.21. The Bertz CT molecular complexity index is 1200. The fourth-order valence-corrected chi connectivity index (χ4v) is 4.36. The third kappa shape index (κ3) is 5.51. The lowest BCUT2D eigenvalue weighted by Crippen LogP contribution is -2.25. The van der Waals surface area contributed by atoms with Gasteiger partial charge in [0.25, 0.3) is 15.9 Å². The van der Waals surface area contributed by atoms with Crippen LogP contribution in [0.25, 0.3) is 0 Å². The molecule has 0 spiro atoms. The van der Waals surface area contributed by atoms with Crippen LogP contribution < -0.4 is 10.0 Å². The maximum atomic E-state index is 12.8. The maximum absolute atomic E-state index is 12.8. The van der Waals surface area contributed by atoms with Crippen LogP contribution >= 0.6 is 39.1 Å². The maximum Gasteiger partial charge on any atom is 0.263 e. The summed E-state index contributed by atoms with van der Waals surface area (Å²) in [6.45, 7) is 2.26. The zero-order valence-corrected chi connectivity index (χ0v) is 19.5. The van der Waals surface area contributed by atoms with Gasteiger partial charge in [0.05, 0.1) is 15.7 Å². The number of halogens is 3. The average Bonchev–Trinajstić information content (AvgIpc) is 2.70. The molecule has 1 aromatic heterocycles. The number of nitrogens with one attached hydrogen (secondary N) is 2. The van der Waals surface area contributed by atoms with E-state index in [1.165, 1.54) is 24.3 Å². The summed E-state index contributed by atoms with van der Waals surface area (Å²) in [5.74, 6) is -0.466. The van der Waals surface area contributed by atoms with Crippen LogP contribution in [0.15, 0.2) is 64.1 Å². The number of pyridine rings is 1. The van der Waals surface area contributed by atoms with Gasteiger partial charge in [0.2, 0.25) is 0 Å². The second-order valence-electron chi connectivity index (χ2n) is 6.41. The molecule has 6 nitrogen and oxygen atoms in total. The topological polar surface area (TPSA) is 88.2 Å². The average molecular weight is 529 g/mol. The Morgan fingerprint density at radius 1 is 1.10 bits per heavy atom. The molecular weight excluding hydrogens is 513 g/mol. The second kappa shape index (κ2) is 9.34. The molecule has 0 atom stereocenters. The van der Waals surface area contributed by atoms with E-state index >= 15 is 0 Å². The summed E-state index contributed by atoms with van der Waals surface area (Å²) in [6, 6.07) is 13.3. The van der Waals surface area contributed by atoms with Crippen LogP contribution in [0.1, 0.15) is 21.5 Å². The molecule has 1 amide bonds. The Labute approximate surface area is 192 Å². The minimum atomic E-state index is -4.02. The molecule has 0 aliphatic heterocycles. The highest BCUT2D eigenvalue weighted by molar-refractivity contribution is 9.10. The van der Waals surface area contributed by atoms with Gasteiger partial charge in [0, 0.05) is 17.8 Å². The second-order valence-corrected chi connectivity index (χ2v) is 9.74. The van der Waals surface area contributed by atoms with Gasteiger partial charge in [0.15, 0.2) is 0 Å². The number of benzene rings is 2. The largest absolute Gasteiger partial charge is 0.348 e. The summed E-state index contributed by atoms with van der Waals surface area (Å²) in [7, 11) is -4.02. The van der Waals surface area contributed by atoms with Crippen molar-refractivity contribution in [2.45, 2.75) is 18.4 Å². The molecule has 0 fully saturated rings. The van der Waals surface area contributed by atoms with E-state index in [9.17, 15) is 13.2 Å². The van der Waals surface area contributed by atoms with Gasteiger partial charge in [-0.15, -0.1) is 0 Å². The van der Waals surface area contributed by atoms with E-state index in [4.69, 9.17) is 23.2 Å². The molecule has 0 saturated heterocycles. The number of hydrogen-bond donors (Lipinski definition) is 2. The number of carbonyl (C=O) groups is 1. The SMILES string of the molecule is Cc1ccc(CNC(=O)c2cc(Cl)ccc2NS(=O)(=O)c2cnc(Cl)c(Br)c2)cc1. The molecular formula is C20H16BrCl2N3O3S. The number of aryl methyl sites for hydroxylation is 1. The highest BCUT2D eigenvalue weighted by Gasteiger charge is 2.20. The van der Waals surface area contributed by atoms with Crippen LogP contribution in [0.5, 0.6) is 0 Å². The van der Waals surface area contributed by atoms with Crippen LogP contribution in [0, 0.1) is 6.92 Å². The molecule has 156 valence electrons. The van der Waals surface area contributed by atoms with Crippen LogP contribution in [0.2, 0.25) is 10.2 Å². The molecule has 0 radical (unpaired) electrons. The van der Waals surface area contributed by atoms with Crippen molar-refractivity contribution >= 4 is 60.7 Å². The van der Waals surface area contributed by atoms with Gasteiger partial charge in [-0.05, 0) is 52.7 Å². The Morgan fingerprint density at radius 2 is 1.80 bits per heavy atom. The Balaban J connectivity index is 1.84. The molecule has 3 aromatic rings. The first-order valence-corrected chi connectivity index (χ1v) is 11.7. The van der Waals surface area contributed by atoms with Gasteiger partial charge in [-0.25, -0.2) is 13.4 Å². The molecule has 3 rings (SSSR count). The van der Waals surface area contributed by atoms with Crippen LogP contribution in [0.4, 0.5) is 5.69 Å². The third-order valence-corrected chi connectivity index (χ3v) is 6.83. The van der Waals surface area contributed by atoms with Crippen molar-refractivity contribution in [3.05, 3.63) is 86.1 Å².